The largest absolute Gasteiger partial charge is 0.497 e. The minimum Gasteiger partial charge on any atom is -0.497 e. The monoisotopic (exact) mass is 337 g/mol. The van der Waals surface area contributed by atoms with Crippen LogP contribution in [-0.2, 0) is 11.2 Å². The van der Waals surface area contributed by atoms with Gasteiger partial charge in [-0.15, -0.1) is 0 Å². The SMILES string of the molecule is COc1ccc2c(c1)CC[C@H](CN(C)CC(C)=O)[C@@H]2c1ccccc1. The van der Waals surface area contributed by atoms with Gasteiger partial charge in [0.05, 0.1) is 13.7 Å². The van der Waals surface area contributed by atoms with Crippen molar-refractivity contribution < 1.29 is 9.53 Å². The molecule has 2 aromatic carbocycles. The van der Waals surface area contributed by atoms with Crippen LogP contribution in [0.3, 0.4) is 0 Å². The number of benzene rings is 2. The second-order valence-corrected chi connectivity index (χ2v) is 7.15. The Morgan fingerprint density at radius 3 is 2.64 bits per heavy atom. The smallest absolute Gasteiger partial charge is 0.143 e. The summed E-state index contributed by atoms with van der Waals surface area (Å²) in [6.07, 6.45) is 2.19. The minimum absolute atomic E-state index is 0.222. The molecule has 2 atom stereocenters. The molecule has 0 unspecified atom stereocenters. The summed E-state index contributed by atoms with van der Waals surface area (Å²) >= 11 is 0. The molecule has 0 aromatic heterocycles. The Labute approximate surface area is 150 Å². The number of carbonyl (C=O) groups is 1. The molecule has 0 radical (unpaired) electrons. The van der Waals surface area contributed by atoms with E-state index < -0.39 is 0 Å². The number of ether oxygens (including phenoxy) is 1. The van der Waals surface area contributed by atoms with Crippen LogP contribution < -0.4 is 4.74 Å². The van der Waals surface area contributed by atoms with Gasteiger partial charge in [-0.25, -0.2) is 0 Å². The molecular weight excluding hydrogens is 310 g/mol. The van der Waals surface area contributed by atoms with Gasteiger partial charge in [-0.05, 0) is 61.6 Å². The van der Waals surface area contributed by atoms with Gasteiger partial charge >= 0.3 is 0 Å². The molecule has 3 rings (SSSR count). The van der Waals surface area contributed by atoms with Gasteiger partial charge in [0.15, 0.2) is 0 Å². The molecule has 0 saturated carbocycles. The molecule has 0 aliphatic heterocycles. The van der Waals surface area contributed by atoms with Gasteiger partial charge in [0, 0.05) is 12.5 Å². The highest BCUT2D eigenvalue weighted by Crippen LogP contribution is 2.42. The highest BCUT2D eigenvalue weighted by molar-refractivity contribution is 5.77. The number of methoxy groups -OCH3 is 1. The molecule has 3 heteroatoms. The average molecular weight is 337 g/mol. The molecular formula is C22H27NO2. The van der Waals surface area contributed by atoms with Crippen LogP contribution in [0.15, 0.2) is 48.5 Å². The number of carbonyl (C=O) groups excluding carboxylic acids is 1. The van der Waals surface area contributed by atoms with Crippen molar-refractivity contribution in [1.29, 1.82) is 0 Å². The lowest BCUT2D eigenvalue weighted by Crippen LogP contribution is -2.35. The molecule has 0 amide bonds. The standard InChI is InChI=1S/C22H27NO2/c1-16(24)14-23(2)15-19-10-9-18-13-20(25-3)11-12-21(18)22(19)17-7-5-4-6-8-17/h4-8,11-13,19,22H,9-10,14-15H2,1-3H3/t19-,22+/m1/s1. The number of hydrogen-bond donors (Lipinski definition) is 0. The Balaban J connectivity index is 1.94. The first kappa shape index (κ1) is 17.7. The van der Waals surface area contributed by atoms with Crippen LogP contribution in [-0.4, -0.2) is 37.9 Å². The Bertz CT molecular complexity index is 726. The number of hydrogen-bond acceptors (Lipinski definition) is 3. The lowest BCUT2D eigenvalue weighted by atomic mass is 9.71. The van der Waals surface area contributed by atoms with Crippen molar-refractivity contribution in [2.24, 2.45) is 5.92 Å². The lowest BCUT2D eigenvalue weighted by Gasteiger charge is -2.36. The first-order valence-electron chi connectivity index (χ1n) is 8.98. The zero-order chi connectivity index (χ0) is 17.8. The first-order chi connectivity index (χ1) is 12.1. The lowest BCUT2D eigenvalue weighted by molar-refractivity contribution is -0.118. The van der Waals surface area contributed by atoms with E-state index in [0.29, 0.717) is 18.4 Å². The van der Waals surface area contributed by atoms with Gasteiger partial charge in [0.1, 0.15) is 11.5 Å². The normalized spacial score (nSPS) is 19.5. The second kappa shape index (κ2) is 7.83. The second-order valence-electron chi connectivity index (χ2n) is 7.15. The summed E-state index contributed by atoms with van der Waals surface area (Å²) in [6.45, 7) is 3.12. The molecule has 25 heavy (non-hydrogen) atoms. The third-order valence-corrected chi connectivity index (χ3v) is 5.14. The van der Waals surface area contributed by atoms with Crippen molar-refractivity contribution in [3.63, 3.8) is 0 Å². The van der Waals surface area contributed by atoms with Gasteiger partial charge in [-0.2, -0.15) is 0 Å². The van der Waals surface area contributed by atoms with Crippen molar-refractivity contribution >= 4 is 5.78 Å². The van der Waals surface area contributed by atoms with Gasteiger partial charge in [0.25, 0.3) is 0 Å². The quantitative estimate of drug-likeness (QED) is 0.800. The minimum atomic E-state index is 0.222. The third-order valence-electron chi connectivity index (χ3n) is 5.14. The van der Waals surface area contributed by atoms with E-state index in [1.165, 1.54) is 16.7 Å². The van der Waals surface area contributed by atoms with E-state index in [9.17, 15) is 4.79 Å². The average Bonchev–Trinajstić information content (AvgIpc) is 2.61. The van der Waals surface area contributed by atoms with E-state index in [4.69, 9.17) is 4.74 Å². The number of rotatable bonds is 6. The number of fused-ring (bicyclic) bond motifs is 1. The first-order valence-corrected chi connectivity index (χ1v) is 8.98. The molecule has 1 aliphatic rings. The predicted molar refractivity (Wildman–Crippen MR) is 101 cm³/mol. The van der Waals surface area contributed by atoms with Crippen molar-refractivity contribution in [3.8, 4) is 5.75 Å². The van der Waals surface area contributed by atoms with E-state index in [1.807, 2.05) is 7.05 Å². The van der Waals surface area contributed by atoms with Crippen LogP contribution >= 0.6 is 0 Å². The van der Waals surface area contributed by atoms with Crippen LogP contribution in [0.2, 0.25) is 0 Å². The zero-order valence-corrected chi connectivity index (χ0v) is 15.4. The highest BCUT2D eigenvalue weighted by atomic mass is 16.5. The Morgan fingerprint density at radius 2 is 1.96 bits per heavy atom. The number of nitrogens with zero attached hydrogens (tertiary/aromatic N) is 1. The number of Topliss-reactive ketones (excluding diaryl/α,β-unsaturated/α-hetero) is 1. The molecule has 0 spiro atoms. The molecule has 0 N–H and O–H groups in total. The molecule has 132 valence electrons. The van der Waals surface area contributed by atoms with E-state index >= 15 is 0 Å². The summed E-state index contributed by atoms with van der Waals surface area (Å²) in [5.41, 5.74) is 4.15. The predicted octanol–water partition coefficient (Wildman–Crippen LogP) is 3.91. The fraction of sp³-hybridized carbons (Fsp3) is 0.409. The Morgan fingerprint density at radius 1 is 1.20 bits per heavy atom. The fourth-order valence-corrected chi connectivity index (χ4v) is 4.14. The van der Waals surface area contributed by atoms with Crippen molar-refractivity contribution in [2.45, 2.75) is 25.7 Å². The Kier molecular flexibility index (Phi) is 5.54. The maximum absolute atomic E-state index is 11.5. The van der Waals surface area contributed by atoms with Gasteiger partial charge < -0.3 is 4.74 Å². The molecule has 0 saturated heterocycles. The molecule has 0 heterocycles. The summed E-state index contributed by atoms with van der Waals surface area (Å²) in [5.74, 6) is 2.02. The van der Waals surface area contributed by atoms with E-state index in [0.717, 1.165) is 25.1 Å². The van der Waals surface area contributed by atoms with Crippen LogP contribution in [0.5, 0.6) is 5.75 Å². The van der Waals surface area contributed by atoms with Crippen LogP contribution in [0, 0.1) is 5.92 Å². The summed E-state index contributed by atoms with van der Waals surface area (Å²) in [7, 11) is 3.77. The molecule has 0 fully saturated rings. The van der Waals surface area contributed by atoms with E-state index in [2.05, 4.69) is 53.4 Å². The third kappa shape index (κ3) is 4.10. The van der Waals surface area contributed by atoms with Crippen molar-refractivity contribution in [1.82, 2.24) is 4.90 Å². The fourth-order valence-electron chi connectivity index (χ4n) is 4.14. The van der Waals surface area contributed by atoms with Gasteiger partial charge in [-0.3, -0.25) is 9.69 Å². The van der Waals surface area contributed by atoms with Crippen molar-refractivity contribution in [3.05, 3.63) is 65.2 Å². The molecule has 0 bridgehead atoms. The Hall–Kier alpha value is -2.13. The van der Waals surface area contributed by atoms with Crippen LogP contribution in [0.25, 0.3) is 0 Å². The topological polar surface area (TPSA) is 29.5 Å². The summed E-state index contributed by atoms with van der Waals surface area (Å²) in [5, 5.41) is 0. The summed E-state index contributed by atoms with van der Waals surface area (Å²) in [6, 6.07) is 17.2. The maximum Gasteiger partial charge on any atom is 0.143 e. The zero-order valence-electron chi connectivity index (χ0n) is 15.4. The number of ketones is 1. The summed E-state index contributed by atoms with van der Waals surface area (Å²) in [4.78, 5) is 13.6. The molecule has 1 aliphatic carbocycles. The maximum atomic E-state index is 11.5. The van der Waals surface area contributed by atoms with E-state index in [1.54, 1.807) is 14.0 Å². The van der Waals surface area contributed by atoms with Crippen LogP contribution in [0.4, 0.5) is 0 Å². The number of aryl methyl sites for hydroxylation is 1. The van der Waals surface area contributed by atoms with E-state index in [-0.39, 0.29) is 5.78 Å². The van der Waals surface area contributed by atoms with Gasteiger partial charge in [0.2, 0.25) is 0 Å². The van der Waals surface area contributed by atoms with Crippen molar-refractivity contribution in [2.75, 3.05) is 27.2 Å². The molecule has 2 aromatic rings. The highest BCUT2D eigenvalue weighted by Gasteiger charge is 2.31. The summed E-state index contributed by atoms with van der Waals surface area (Å²) < 4.78 is 5.41. The van der Waals surface area contributed by atoms with Gasteiger partial charge in [-0.1, -0.05) is 36.4 Å². The van der Waals surface area contributed by atoms with Crippen LogP contribution in [0.1, 0.15) is 36.0 Å². The molecule has 3 nitrogen and oxygen atoms in total. The number of likely N-dealkylation sites (N-methyl/N-ethyl adjacent to an activating group) is 1.